The minimum Gasteiger partial charge on any atom is -0.0625 e. The summed E-state index contributed by atoms with van der Waals surface area (Å²) in [5, 5.41) is 0. The number of hydrogen-bond acceptors (Lipinski definition) is 0. The Labute approximate surface area is 107 Å². The van der Waals surface area contributed by atoms with Gasteiger partial charge >= 0.3 is 0 Å². The topological polar surface area (TPSA) is 0 Å². The molecule has 0 spiro atoms. The van der Waals surface area contributed by atoms with E-state index in [1.165, 1.54) is 5.92 Å². The third-order valence-electron chi connectivity index (χ3n) is 7.75. The van der Waals surface area contributed by atoms with Crippen LogP contribution >= 0.6 is 0 Å². The molecule has 0 aromatic carbocycles. The van der Waals surface area contributed by atoms with Crippen molar-refractivity contribution in [1.82, 2.24) is 0 Å². The van der Waals surface area contributed by atoms with E-state index in [1.54, 1.807) is 19.3 Å². The Kier molecular flexibility index (Phi) is 2.12. The van der Waals surface area contributed by atoms with E-state index < -0.39 is 0 Å². The Balaban J connectivity index is 1.66. The first-order chi connectivity index (χ1) is 8.09. The first-order valence-corrected chi connectivity index (χ1v) is 8.09. The van der Waals surface area contributed by atoms with Gasteiger partial charge in [-0.1, -0.05) is 27.7 Å². The van der Waals surface area contributed by atoms with Crippen LogP contribution in [-0.2, 0) is 0 Å². The van der Waals surface area contributed by atoms with Crippen molar-refractivity contribution in [2.75, 3.05) is 0 Å². The van der Waals surface area contributed by atoms with Crippen LogP contribution in [-0.4, -0.2) is 0 Å². The minimum absolute atomic E-state index is 0.942. The predicted octanol–water partition coefficient (Wildman–Crippen LogP) is 4.45. The van der Waals surface area contributed by atoms with Gasteiger partial charge in [-0.15, -0.1) is 0 Å². The molecule has 0 radical (unpaired) electrons. The zero-order chi connectivity index (χ0) is 11.9. The summed E-state index contributed by atoms with van der Waals surface area (Å²) in [7, 11) is 0. The second-order valence-electron chi connectivity index (χ2n) is 8.24. The number of rotatable bonds is 1. The Morgan fingerprint density at radius 2 is 1.41 bits per heavy atom. The highest BCUT2D eigenvalue weighted by Crippen LogP contribution is 2.71. The van der Waals surface area contributed by atoms with Crippen LogP contribution in [0.5, 0.6) is 0 Å². The third kappa shape index (κ3) is 1.16. The highest BCUT2D eigenvalue weighted by atomic mass is 14.7. The van der Waals surface area contributed by atoms with Crippen molar-refractivity contribution in [3.63, 3.8) is 0 Å². The Bertz CT molecular complexity index is 331. The molecule has 4 rings (SSSR count). The molecular weight excluding hydrogens is 204 g/mol. The van der Waals surface area contributed by atoms with Crippen LogP contribution in [0.15, 0.2) is 0 Å². The standard InChI is InChI=1S/C17H28/c1-8(2)12-5-11-6-15(12)17-14-7-13(16(11)17)9(3)10(14)4/h8-17H,5-7H2,1-4H3. The Hall–Kier alpha value is 0. The number of fused-ring (bicyclic) bond motifs is 9. The first kappa shape index (κ1) is 10.9. The van der Waals surface area contributed by atoms with Crippen LogP contribution in [0.4, 0.5) is 0 Å². The molecule has 0 amide bonds. The molecule has 0 N–H and O–H groups in total. The SMILES string of the molecule is CC(C)C1CC2CC1C1C3CC(C(C)C3C)C21. The molecule has 17 heavy (non-hydrogen) atoms. The van der Waals surface area contributed by atoms with Gasteiger partial charge in [0.05, 0.1) is 0 Å². The highest BCUT2D eigenvalue weighted by molar-refractivity contribution is 5.13. The lowest BCUT2D eigenvalue weighted by Gasteiger charge is -2.44. The fraction of sp³-hybridized carbons (Fsp3) is 1.00. The molecule has 96 valence electrons. The second-order valence-corrected chi connectivity index (χ2v) is 8.24. The summed E-state index contributed by atoms with van der Waals surface area (Å²) in [6, 6.07) is 0. The van der Waals surface area contributed by atoms with E-state index in [1.807, 2.05) is 0 Å². The van der Waals surface area contributed by atoms with Crippen LogP contribution in [0.3, 0.4) is 0 Å². The lowest BCUT2D eigenvalue weighted by Crippen LogP contribution is -2.39. The minimum atomic E-state index is 0.942. The summed E-state index contributed by atoms with van der Waals surface area (Å²) in [6.07, 6.45) is 4.81. The summed E-state index contributed by atoms with van der Waals surface area (Å²) in [4.78, 5) is 0. The smallest absolute Gasteiger partial charge is 0.0318 e. The van der Waals surface area contributed by atoms with Gasteiger partial charge in [0.1, 0.15) is 0 Å². The molecule has 4 saturated carbocycles. The maximum absolute atomic E-state index is 2.56. The fourth-order valence-corrected chi connectivity index (χ4v) is 7.04. The van der Waals surface area contributed by atoms with Crippen LogP contribution in [0.2, 0.25) is 0 Å². The molecule has 0 aromatic heterocycles. The van der Waals surface area contributed by atoms with Gasteiger partial charge in [-0.2, -0.15) is 0 Å². The molecule has 4 aliphatic carbocycles. The quantitative estimate of drug-likeness (QED) is 0.586. The summed E-state index contributed by atoms with van der Waals surface area (Å²) in [5.74, 6) is 11.0. The van der Waals surface area contributed by atoms with Crippen LogP contribution in [0.1, 0.15) is 47.0 Å². The van der Waals surface area contributed by atoms with Crippen LogP contribution in [0, 0.1) is 59.2 Å². The van der Waals surface area contributed by atoms with Crippen molar-refractivity contribution in [3.8, 4) is 0 Å². The van der Waals surface area contributed by atoms with E-state index in [0.717, 1.165) is 53.3 Å². The van der Waals surface area contributed by atoms with Crippen molar-refractivity contribution in [1.29, 1.82) is 0 Å². The van der Waals surface area contributed by atoms with Crippen molar-refractivity contribution in [2.24, 2.45) is 59.2 Å². The molecule has 9 atom stereocenters. The highest BCUT2D eigenvalue weighted by Gasteiger charge is 2.65. The average Bonchev–Trinajstić information content (AvgIpc) is 2.98. The fourth-order valence-electron chi connectivity index (χ4n) is 7.04. The molecule has 0 aliphatic heterocycles. The molecule has 0 aromatic rings. The average molecular weight is 232 g/mol. The van der Waals surface area contributed by atoms with E-state index in [0.29, 0.717) is 0 Å². The molecule has 9 unspecified atom stereocenters. The third-order valence-corrected chi connectivity index (χ3v) is 7.75. The van der Waals surface area contributed by atoms with Crippen molar-refractivity contribution < 1.29 is 0 Å². The largest absolute Gasteiger partial charge is 0.0625 e. The summed E-state index contributed by atoms with van der Waals surface area (Å²) < 4.78 is 0. The molecule has 0 saturated heterocycles. The predicted molar refractivity (Wildman–Crippen MR) is 71.4 cm³/mol. The molecule has 0 heteroatoms. The van der Waals surface area contributed by atoms with Crippen molar-refractivity contribution in [2.45, 2.75) is 47.0 Å². The summed E-state index contributed by atoms with van der Waals surface area (Å²) in [6.45, 7) is 10.1. The molecule has 4 fully saturated rings. The summed E-state index contributed by atoms with van der Waals surface area (Å²) >= 11 is 0. The van der Waals surface area contributed by atoms with Crippen LogP contribution < -0.4 is 0 Å². The van der Waals surface area contributed by atoms with Gasteiger partial charge in [0, 0.05) is 0 Å². The molecule has 0 heterocycles. The van der Waals surface area contributed by atoms with Gasteiger partial charge in [-0.3, -0.25) is 0 Å². The van der Waals surface area contributed by atoms with Crippen LogP contribution in [0.25, 0.3) is 0 Å². The van der Waals surface area contributed by atoms with Crippen molar-refractivity contribution >= 4 is 0 Å². The van der Waals surface area contributed by atoms with Gasteiger partial charge < -0.3 is 0 Å². The van der Waals surface area contributed by atoms with E-state index in [-0.39, 0.29) is 0 Å². The van der Waals surface area contributed by atoms with Gasteiger partial charge in [0.15, 0.2) is 0 Å². The molecule has 4 bridgehead atoms. The molecule has 0 nitrogen and oxygen atoms in total. The van der Waals surface area contributed by atoms with E-state index in [2.05, 4.69) is 27.7 Å². The maximum Gasteiger partial charge on any atom is -0.0318 e. The zero-order valence-corrected chi connectivity index (χ0v) is 11.9. The first-order valence-electron chi connectivity index (χ1n) is 8.09. The van der Waals surface area contributed by atoms with Gasteiger partial charge in [-0.25, -0.2) is 0 Å². The van der Waals surface area contributed by atoms with Gasteiger partial charge in [-0.05, 0) is 78.4 Å². The maximum atomic E-state index is 2.56. The monoisotopic (exact) mass is 232 g/mol. The second kappa shape index (κ2) is 3.31. The van der Waals surface area contributed by atoms with E-state index in [4.69, 9.17) is 0 Å². The van der Waals surface area contributed by atoms with Crippen molar-refractivity contribution in [3.05, 3.63) is 0 Å². The lowest BCUT2D eigenvalue weighted by molar-refractivity contribution is 0.0343. The number of hydrogen-bond donors (Lipinski definition) is 0. The van der Waals surface area contributed by atoms with E-state index in [9.17, 15) is 0 Å². The Morgan fingerprint density at radius 1 is 0.765 bits per heavy atom. The van der Waals surface area contributed by atoms with Gasteiger partial charge in [0.2, 0.25) is 0 Å². The normalized spacial score (nSPS) is 63.7. The van der Waals surface area contributed by atoms with Gasteiger partial charge in [0.25, 0.3) is 0 Å². The molecule has 4 aliphatic rings. The summed E-state index contributed by atoms with van der Waals surface area (Å²) in [5.41, 5.74) is 0. The molecular formula is C17H28. The lowest BCUT2D eigenvalue weighted by atomic mass is 9.61. The van der Waals surface area contributed by atoms with E-state index >= 15 is 0 Å². The zero-order valence-electron chi connectivity index (χ0n) is 11.9. The Morgan fingerprint density at radius 3 is 2.06 bits per heavy atom.